The van der Waals surface area contributed by atoms with Crippen LogP contribution in [-0.4, -0.2) is 29.2 Å². The summed E-state index contributed by atoms with van der Waals surface area (Å²) in [5.41, 5.74) is 2.42. The van der Waals surface area contributed by atoms with Crippen LogP contribution >= 0.6 is 0 Å². The number of likely N-dealkylation sites (tertiary alicyclic amines) is 1. The van der Waals surface area contributed by atoms with Gasteiger partial charge in [0.25, 0.3) is 0 Å². The highest BCUT2D eigenvalue weighted by atomic mass is 16.3. The summed E-state index contributed by atoms with van der Waals surface area (Å²) < 4.78 is 5.05. The normalized spacial score (nSPS) is 19.5. The summed E-state index contributed by atoms with van der Waals surface area (Å²) in [6, 6.07) is 0. The van der Waals surface area contributed by atoms with Crippen molar-refractivity contribution in [2.75, 3.05) is 13.1 Å². The molecule has 0 atom stereocenters. The van der Waals surface area contributed by atoms with Crippen LogP contribution in [0.3, 0.4) is 0 Å². The van der Waals surface area contributed by atoms with E-state index in [1.54, 1.807) is 12.5 Å². The second kappa shape index (κ2) is 2.92. The van der Waals surface area contributed by atoms with Gasteiger partial charge in [-0.3, -0.25) is 4.90 Å². The van der Waals surface area contributed by atoms with Crippen molar-refractivity contribution < 1.29 is 9.52 Å². The molecule has 2 heterocycles. The first-order valence-corrected chi connectivity index (χ1v) is 4.18. The van der Waals surface area contributed by atoms with Gasteiger partial charge in [-0.2, -0.15) is 0 Å². The standard InChI is InChI=1S/C9H13NO2/c1-7-5-12-6-8(7)2-10-3-9(11)4-10/h5-6,9,11H,2-4H2,1H3. The summed E-state index contributed by atoms with van der Waals surface area (Å²) in [6.07, 6.45) is 3.42. The van der Waals surface area contributed by atoms with Crippen LogP contribution in [0, 0.1) is 6.92 Å². The Hall–Kier alpha value is -0.800. The SMILES string of the molecule is Cc1cocc1CN1CC(O)C1. The van der Waals surface area contributed by atoms with Crippen molar-refractivity contribution in [3.05, 3.63) is 23.7 Å². The van der Waals surface area contributed by atoms with E-state index in [9.17, 15) is 0 Å². The summed E-state index contributed by atoms with van der Waals surface area (Å²) >= 11 is 0. The topological polar surface area (TPSA) is 36.6 Å². The second-order valence-electron chi connectivity index (χ2n) is 3.43. The fourth-order valence-corrected chi connectivity index (χ4v) is 1.46. The molecule has 3 heteroatoms. The average Bonchev–Trinajstić information content (AvgIpc) is 2.33. The summed E-state index contributed by atoms with van der Waals surface area (Å²) in [5, 5.41) is 9.05. The number of hydrogen-bond donors (Lipinski definition) is 1. The highest BCUT2D eigenvalue weighted by Gasteiger charge is 2.24. The zero-order valence-electron chi connectivity index (χ0n) is 7.16. The number of aryl methyl sites for hydroxylation is 1. The van der Waals surface area contributed by atoms with Gasteiger partial charge in [-0.15, -0.1) is 0 Å². The Labute approximate surface area is 71.6 Å². The molecule has 1 aromatic heterocycles. The number of nitrogens with zero attached hydrogens (tertiary/aromatic N) is 1. The van der Waals surface area contributed by atoms with Crippen LogP contribution < -0.4 is 0 Å². The molecule has 1 N–H and O–H groups in total. The van der Waals surface area contributed by atoms with Crippen molar-refractivity contribution in [2.45, 2.75) is 19.6 Å². The Bertz CT molecular complexity index is 263. The third-order valence-electron chi connectivity index (χ3n) is 2.29. The maximum Gasteiger partial charge on any atom is 0.0950 e. The van der Waals surface area contributed by atoms with Crippen molar-refractivity contribution in [3.63, 3.8) is 0 Å². The summed E-state index contributed by atoms with van der Waals surface area (Å²) in [6.45, 7) is 4.53. The molecule has 0 aliphatic carbocycles. The van der Waals surface area contributed by atoms with E-state index in [2.05, 4.69) is 4.90 Å². The van der Waals surface area contributed by atoms with Crippen molar-refractivity contribution >= 4 is 0 Å². The Morgan fingerprint density at radius 2 is 2.33 bits per heavy atom. The lowest BCUT2D eigenvalue weighted by Gasteiger charge is -2.35. The van der Waals surface area contributed by atoms with Crippen LogP contribution in [-0.2, 0) is 6.54 Å². The lowest BCUT2D eigenvalue weighted by molar-refractivity contribution is -0.00304. The summed E-state index contributed by atoms with van der Waals surface area (Å²) in [4.78, 5) is 2.20. The van der Waals surface area contributed by atoms with Crippen molar-refractivity contribution in [2.24, 2.45) is 0 Å². The quantitative estimate of drug-likeness (QED) is 0.706. The third-order valence-corrected chi connectivity index (χ3v) is 2.29. The van der Waals surface area contributed by atoms with Gasteiger partial charge in [0, 0.05) is 25.2 Å². The van der Waals surface area contributed by atoms with E-state index in [0.29, 0.717) is 0 Å². The van der Waals surface area contributed by atoms with Gasteiger partial charge in [-0.05, 0) is 12.5 Å². The smallest absolute Gasteiger partial charge is 0.0950 e. The van der Waals surface area contributed by atoms with Gasteiger partial charge in [-0.1, -0.05) is 0 Å². The molecule has 0 spiro atoms. The van der Waals surface area contributed by atoms with Crippen LogP contribution in [0.1, 0.15) is 11.1 Å². The third kappa shape index (κ3) is 1.38. The van der Waals surface area contributed by atoms with E-state index in [0.717, 1.165) is 19.6 Å². The molecule has 3 nitrogen and oxygen atoms in total. The van der Waals surface area contributed by atoms with Crippen LogP contribution in [0.5, 0.6) is 0 Å². The first kappa shape index (κ1) is 7.83. The molecule has 1 aliphatic rings. The van der Waals surface area contributed by atoms with Crippen LogP contribution in [0.15, 0.2) is 16.9 Å². The molecule has 1 aliphatic heterocycles. The zero-order valence-corrected chi connectivity index (χ0v) is 7.16. The van der Waals surface area contributed by atoms with Gasteiger partial charge in [0.15, 0.2) is 0 Å². The molecular formula is C9H13NO2. The van der Waals surface area contributed by atoms with Crippen molar-refractivity contribution in [3.8, 4) is 0 Å². The molecule has 2 rings (SSSR count). The van der Waals surface area contributed by atoms with Gasteiger partial charge >= 0.3 is 0 Å². The van der Waals surface area contributed by atoms with Crippen LogP contribution in [0.2, 0.25) is 0 Å². The maximum atomic E-state index is 9.05. The molecule has 1 fully saturated rings. The van der Waals surface area contributed by atoms with E-state index in [1.807, 2.05) is 6.92 Å². The first-order valence-electron chi connectivity index (χ1n) is 4.18. The Balaban J connectivity index is 1.92. The minimum Gasteiger partial charge on any atom is -0.472 e. The van der Waals surface area contributed by atoms with E-state index in [4.69, 9.17) is 9.52 Å². The molecular weight excluding hydrogens is 154 g/mol. The number of furan rings is 1. The predicted molar refractivity (Wildman–Crippen MR) is 44.7 cm³/mol. The van der Waals surface area contributed by atoms with Crippen molar-refractivity contribution in [1.29, 1.82) is 0 Å². The van der Waals surface area contributed by atoms with E-state index >= 15 is 0 Å². The predicted octanol–water partition coefficient (Wildman–Crippen LogP) is 0.765. The fourth-order valence-electron chi connectivity index (χ4n) is 1.46. The van der Waals surface area contributed by atoms with Gasteiger partial charge in [0.05, 0.1) is 18.6 Å². The second-order valence-corrected chi connectivity index (χ2v) is 3.43. The average molecular weight is 167 g/mol. The molecule has 0 aromatic carbocycles. The number of hydrogen-bond acceptors (Lipinski definition) is 3. The molecule has 0 amide bonds. The minimum atomic E-state index is -0.114. The zero-order chi connectivity index (χ0) is 8.55. The maximum absolute atomic E-state index is 9.05. The molecule has 0 radical (unpaired) electrons. The summed E-state index contributed by atoms with van der Waals surface area (Å²) in [5.74, 6) is 0. The van der Waals surface area contributed by atoms with Crippen LogP contribution in [0.4, 0.5) is 0 Å². The number of aliphatic hydroxyl groups excluding tert-OH is 1. The first-order chi connectivity index (χ1) is 5.75. The Kier molecular flexibility index (Phi) is 1.90. The molecule has 1 aromatic rings. The molecule has 0 bridgehead atoms. The number of rotatable bonds is 2. The van der Waals surface area contributed by atoms with E-state index < -0.39 is 0 Å². The largest absolute Gasteiger partial charge is 0.472 e. The lowest BCUT2D eigenvalue weighted by Crippen LogP contribution is -2.49. The number of aliphatic hydroxyl groups is 1. The molecule has 66 valence electrons. The Morgan fingerprint density at radius 3 is 2.83 bits per heavy atom. The van der Waals surface area contributed by atoms with Gasteiger partial charge in [0.1, 0.15) is 0 Å². The molecule has 1 saturated heterocycles. The highest BCUT2D eigenvalue weighted by Crippen LogP contribution is 2.16. The van der Waals surface area contributed by atoms with E-state index in [1.165, 1.54) is 11.1 Å². The lowest BCUT2D eigenvalue weighted by atomic mass is 10.1. The van der Waals surface area contributed by atoms with E-state index in [-0.39, 0.29) is 6.10 Å². The molecule has 0 unspecified atom stereocenters. The molecule has 0 saturated carbocycles. The van der Waals surface area contributed by atoms with Gasteiger partial charge in [0.2, 0.25) is 0 Å². The highest BCUT2D eigenvalue weighted by molar-refractivity contribution is 5.19. The fraction of sp³-hybridized carbons (Fsp3) is 0.556. The van der Waals surface area contributed by atoms with Gasteiger partial charge < -0.3 is 9.52 Å². The van der Waals surface area contributed by atoms with Crippen LogP contribution in [0.25, 0.3) is 0 Å². The summed E-state index contributed by atoms with van der Waals surface area (Å²) in [7, 11) is 0. The minimum absolute atomic E-state index is 0.114. The monoisotopic (exact) mass is 167 g/mol. The Morgan fingerprint density at radius 1 is 1.58 bits per heavy atom. The van der Waals surface area contributed by atoms with Crippen molar-refractivity contribution in [1.82, 2.24) is 4.90 Å². The molecule has 12 heavy (non-hydrogen) atoms. The number of β-amino-alcohol motifs (C(OH)–C–C–N with tert-alkyl or cyclic N) is 1. The van der Waals surface area contributed by atoms with Gasteiger partial charge in [-0.25, -0.2) is 0 Å².